The van der Waals surface area contributed by atoms with Crippen molar-refractivity contribution in [3.8, 4) is 0 Å². The summed E-state index contributed by atoms with van der Waals surface area (Å²) in [7, 11) is 0. The lowest BCUT2D eigenvalue weighted by Crippen LogP contribution is -2.04. The molecule has 0 amide bonds. The van der Waals surface area contributed by atoms with Gasteiger partial charge in [-0.15, -0.1) is 0 Å². The van der Waals surface area contributed by atoms with Crippen molar-refractivity contribution in [2.45, 2.75) is 20.3 Å². The molecule has 0 saturated carbocycles. The van der Waals surface area contributed by atoms with Gasteiger partial charge < -0.3 is 4.74 Å². The Balaban J connectivity index is 2.11. The molecule has 0 fully saturated rings. The van der Waals surface area contributed by atoms with Crippen LogP contribution in [-0.4, -0.2) is 18.4 Å². The number of esters is 1. The summed E-state index contributed by atoms with van der Waals surface area (Å²) in [5, 5.41) is 0. The first kappa shape index (κ1) is 15.0. The molecular formula is C18H18O3. The molecule has 0 N–H and O–H groups in total. The molecule has 0 unspecified atom stereocenters. The van der Waals surface area contributed by atoms with Gasteiger partial charge in [0.05, 0.1) is 12.2 Å². The molecule has 0 aliphatic carbocycles. The monoisotopic (exact) mass is 282 g/mol. The van der Waals surface area contributed by atoms with Crippen LogP contribution in [0.15, 0.2) is 48.5 Å². The van der Waals surface area contributed by atoms with E-state index >= 15 is 0 Å². The van der Waals surface area contributed by atoms with Crippen LogP contribution in [-0.2, 0) is 11.2 Å². The van der Waals surface area contributed by atoms with E-state index in [0.29, 0.717) is 12.2 Å². The fourth-order valence-corrected chi connectivity index (χ4v) is 2.11. The van der Waals surface area contributed by atoms with Crippen LogP contribution in [0.3, 0.4) is 0 Å². The number of ketones is 1. The molecule has 2 rings (SSSR count). The Kier molecular flexibility index (Phi) is 4.88. The van der Waals surface area contributed by atoms with Crippen molar-refractivity contribution >= 4 is 11.8 Å². The molecule has 0 aliphatic rings. The van der Waals surface area contributed by atoms with Gasteiger partial charge >= 0.3 is 5.97 Å². The number of carbonyl (C=O) groups is 2. The highest BCUT2D eigenvalue weighted by molar-refractivity contribution is 5.94. The van der Waals surface area contributed by atoms with E-state index in [9.17, 15) is 9.59 Å². The lowest BCUT2D eigenvalue weighted by molar-refractivity contribution is 0.0526. The maximum absolute atomic E-state index is 11.6. The molecule has 0 atom stereocenters. The van der Waals surface area contributed by atoms with Crippen molar-refractivity contribution in [3.63, 3.8) is 0 Å². The van der Waals surface area contributed by atoms with Gasteiger partial charge in [0, 0.05) is 5.56 Å². The average Bonchev–Trinajstić information content (AvgIpc) is 2.48. The summed E-state index contributed by atoms with van der Waals surface area (Å²) >= 11 is 0. The third kappa shape index (κ3) is 4.02. The van der Waals surface area contributed by atoms with E-state index in [1.807, 2.05) is 36.4 Å². The number of hydrogen-bond acceptors (Lipinski definition) is 3. The molecule has 21 heavy (non-hydrogen) atoms. The van der Waals surface area contributed by atoms with Crippen LogP contribution < -0.4 is 0 Å². The van der Waals surface area contributed by atoms with E-state index < -0.39 is 0 Å². The van der Waals surface area contributed by atoms with E-state index in [1.165, 1.54) is 0 Å². The van der Waals surface area contributed by atoms with Gasteiger partial charge in [-0.3, -0.25) is 4.79 Å². The van der Waals surface area contributed by atoms with E-state index in [0.717, 1.165) is 23.1 Å². The second-order valence-electron chi connectivity index (χ2n) is 4.85. The molecule has 2 aromatic rings. The van der Waals surface area contributed by atoms with Crippen LogP contribution in [0.5, 0.6) is 0 Å². The van der Waals surface area contributed by atoms with Crippen molar-refractivity contribution in [2.24, 2.45) is 0 Å². The van der Waals surface area contributed by atoms with Gasteiger partial charge in [-0.05, 0) is 49.6 Å². The highest BCUT2D eigenvalue weighted by Crippen LogP contribution is 2.13. The van der Waals surface area contributed by atoms with Crippen molar-refractivity contribution < 1.29 is 14.3 Å². The summed E-state index contributed by atoms with van der Waals surface area (Å²) in [4.78, 5) is 23.0. The number of Topliss-reactive ketones (excluding diaryl/α,β-unsaturated/α-hetero) is 1. The Labute approximate surface area is 124 Å². The molecule has 0 bridgehead atoms. The van der Waals surface area contributed by atoms with E-state index in [-0.39, 0.29) is 11.8 Å². The molecule has 0 spiro atoms. The summed E-state index contributed by atoms with van der Waals surface area (Å²) in [6.45, 7) is 3.72. The van der Waals surface area contributed by atoms with Crippen LogP contribution in [0.25, 0.3) is 0 Å². The zero-order chi connectivity index (χ0) is 15.2. The van der Waals surface area contributed by atoms with Gasteiger partial charge in [0.15, 0.2) is 5.78 Å². The van der Waals surface area contributed by atoms with Crippen LogP contribution in [0.1, 0.15) is 45.7 Å². The molecule has 3 nitrogen and oxygen atoms in total. The van der Waals surface area contributed by atoms with Crippen molar-refractivity contribution in [1.82, 2.24) is 0 Å². The summed E-state index contributed by atoms with van der Waals surface area (Å²) in [6, 6.07) is 15.0. The number of ether oxygens (including phenoxy) is 1. The van der Waals surface area contributed by atoms with Crippen molar-refractivity contribution in [1.29, 1.82) is 0 Å². The maximum Gasteiger partial charge on any atom is 0.338 e. The summed E-state index contributed by atoms with van der Waals surface area (Å²) in [5.41, 5.74) is 3.43. The van der Waals surface area contributed by atoms with Crippen molar-refractivity contribution in [3.05, 3.63) is 70.8 Å². The SMILES string of the molecule is CCOC(=O)c1ccc(Cc2cccc(C(C)=O)c2)cc1. The molecule has 0 aliphatic heterocycles. The Bertz CT molecular complexity index is 642. The topological polar surface area (TPSA) is 43.4 Å². The number of rotatable bonds is 5. The highest BCUT2D eigenvalue weighted by atomic mass is 16.5. The van der Waals surface area contributed by atoms with Crippen LogP contribution in [0.2, 0.25) is 0 Å². The van der Waals surface area contributed by atoms with Gasteiger partial charge in [0.25, 0.3) is 0 Å². The summed E-state index contributed by atoms with van der Waals surface area (Å²) < 4.78 is 4.95. The molecule has 0 aromatic heterocycles. The molecule has 0 radical (unpaired) electrons. The molecule has 108 valence electrons. The quantitative estimate of drug-likeness (QED) is 0.621. The molecule has 3 heteroatoms. The number of carbonyl (C=O) groups excluding carboxylic acids is 2. The first-order valence-electron chi connectivity index (χ1n) is 6.96. The van der Waals surface area contributed by atoms with E-state index in [2.05, 4.69) is 0 Å². The lowest BCUT2D eigenvalue weighted by atomic mass is 10.0. The molecule has 2 aromatic carbocycles. The fourth-order valence-electron chi connectivity index (χ4n) is 2.11. The van der Waals surface area contributed by atoms with Crippen LogP contribution in [0.4, 0.5) is 0 Å². The first-order valence-corrected chi connectivity index (χ1v) is 6.96. The van der Waals surface area contributed by atoms with Crippen LogP contribution >= 0.6 is 0 Å². The Morgan fingerprint density at radius 1 is 0.952 bits per heavy atom. The van der Waals surface area contributed by atoms with Crippen molar-refractivity contribution in [2.75, 3.05) is 6.61 Å². The zero-order valence-electron chi connectivity index (χ0n) is 12.3. The largest absolute Gasteiger partial charge is 0.462 e. The Hall–Kier alpha value is -2.42. The number of hydrogen-bond donors (Lipinski definition) is 0. The molecule has 0 heterocycles. The minimum atomic E-state index is -0.303. The Morgan fingerprint density at radius 2 is 1.67 bits per heavy atom. The summed E-state index contributed by atoms with van der Waals surface area (Å²) in [6.07, 6.45) is 0.726. The predicted octanol–water partition coefficient (Wildman–Crippen LogP) is 3.66. The van der Waals surface area contributed by atoms with Gasteiger partial charge in [-0.2, -0.15) is 0 Å². The predicted molar refractivity (Wildman–Crippen MR) is 81.7 cm³/mol. The second-order valence-corrected chi connectivity index (χ2v) is 4.85. The second kappa shape index (κ2) is 6.84. The van der Waals surface area contributed by atoms with E-state index in [1.54, 1.807) is 26.0 Å². The highest BCUT2D eigenvalue weighted by Gasteiger charge is 2.06. The summed E-state index contributed by atoms with van der Waals surface area (Å²) in [5.74, 6) is -0.239. The van der Waals surface area contributed by atoms with Gasteiger partial charge in [0.2, 0.25) is 0 Å². The first-order chi connectivity index (χ1) is 10.1. The minimum Gasteiger partial charge on any atom is -0.462 e. The maximum atomic E-state index is 11.6. The molecule has 0 saturated heterocycles. The van der Waals surface area contributed by atoms with Gasteiger partial charge in [0.1, 0.15) is 0 Å². The van der Waals surface area contributed by atoms with E-state index in [4.69, 9.17) is 4.74 Å². The third-order valence-corrected chi connectivity index (χ3v) is 3.21. The average molecular weight is 282 g/mol. The third-order valence-electron chi connectivity index (χ3n) is 3.21. The minimum absolute atomic E-state index is 0.0644. The Morgan fingerprint density at radius 3 is 2.29 bits per heavy atom. The standard InChI is InChI=1S/C18H18O3/c1-3-21-18(20)16-9-7-14(8-10-16)11-15-5-4-6-17(12-15)13(2)19/h4-10,12H,3,11H2,1-2H3. The smallest absolute Gasteiger partial charge is 0.338 e. The normalized spacial score (nSPS) is 10.2. The zero-order valence-corrected chi connectivity index (χ0v) is 12.3. The molecular weight excluding hydrogens is 264 g/mol. The lowest BCUT2D eigenvalue weighted by Gasteiger charge is -2.05. The number of benzene rings is 2. The van der Waals surface area contributed by atoms with Gasteiger partial charge in [-0.1, -0.05) is 30.3 Å². The fraction of sp³-hybridized carbons (Fsp3) is 0.222. The van der Waals surface area contributed by atoms with Gasteiger partial charge in [-0.25, -0.2) is 4.79 Å². The van der Waals surface area contributed by atoms with Crippen LogP contribution in [0, 0.1) is 0 Å².